The molecular formula is C45H36N2. The molecule has 2 heterocycles. The van der Waals surface area contributed by atoms with Crippen molar-refractivity contribution in [1.82, 2.24) is 9.13 Å². The van der Waals surface area contributed by atoms with Crippen LogP contribution in [0.25, 0.3) is 55.0 Å². The summed E-state index contributed by atoms with van der Waals surface area (Å²) in [5.41, 5.74) is 10.7. The fourth-order valence-corrected chi connectivity index (χ4v) is 11.0. The zero-order chi connectivity index (χ0) is 30.7. The summed E-state index contributed by atoms with van der Waals surface area (Å²) in [6.45, 7) is 0. The van der Waals surface area contributed by atoms with Gasteiger partial charge in [-0.2, -0.15) is 0 Å². The molecule has 0 radical (unpaired) electrons. The Bertz CT molecular complexity index is 2230. The average Bonchev–Trinajstić information content (AvgIpc) is 3.81. The van der Waals surface area contributed by atoms with Crippen molar-refractivity contribution in [1.29, 1.82) is 0 Å². The van der Waals surface area contributed by atoms with Gasteiger partial charge in [-0.25, -0.2) is 0 Å². The van der Waals surface area contributed by atoms with Gasteiger partial charge < -0.3 is 9.13 Å². The van der Waals surface area contributed by atoms with E-state index in [1.807, 2.05) is 0 Å². The Kier molecular flexibility index (Phi) is 5.25. The van der Waals surface area contributed by atoms with E-state index >= 15 is 0 Å². The molecule has 4 saturated carbocycles. The lowest BCUT2D eigenvalue weighted by atomic mass is 9.57. The number of hydrogen-bond donors (Lipinski definition) is 0. The van der Waals surface area contributed by atoms with E-state index in [-0.39, 0.29) is 5.41 Å². The minimum atomic E-state index is 0.0797. The minimum Gasteiger partial charge on any atom is -0.309 e. The van der Waals surface area contributed by atoms with Crippen LogP contribution in [0.2, 0.25) is 0 Å². The number of rotatable bonds is 4. The van der Waals surface area contributed by atoms with Gasteiger partial charge >= 0.3 is 0 Å². The molecule has 4 unspecified atom stereocenters. The quantitative estimate of drug-likeness (QED) is 0.189. The molecule has 226 valence electrons. The molecule has 4 aliphatic rings. The van der Waals surface area contributed by atoms with Crippen LogP contribution >= 0.6 is 0 Å². The molecule has 4 fully saturated rings. The molecule has 0 amide bonds. The van der Waals surface area contributed by atoms with Gasteiger partial charge in [-0.15, -0.1) is 0 Å². The molecular weight excluding hydrogens is 569 g/mol. The van der Waals surface area contributed by atoms with E-state index in [0.717, 1.165) is 17.8 Å². The zero-order valence-corrected chi connectivity index (χ0v) is 26.4. The summed E-state index contributed by atoms with van der Waals surface area (Å²) in [6, 6.07) is 54.9. The standard InChI is InChI=1S/C45H36N2/c1-5-13-41-36(9-1)37-10-2-6-14-42(37)46(41)34-21-17-31(18-22-34)45(33-26-29-25-30(28-33)40(45)27-29)32-19-23-35(24-20-32)47-43-15-7-3-11-38(43)39-12-4-8-16-44(39)47/h1-24,29-30,33,40H,25-28H2. The first-order valence-corrected chi connectivity index (χ1v) is 17.5. The Hall–Kier alpha value is -5.08. The normalized spacial score (nSPS) is 22.7. The molecule has 4 bridgehead atoms. The monoisotopic (exact) mass is 604 g/mol. The molecule has 4 aliphatic carbocycles. The van der Waals surface area contributed by atoms with Crippen LogP contribution in [-0.2, 0) is 5.41 Å². The molecule has 6 aromatic carbocycles. The lowest BCUT2D eigenvalue weighted by Crippen LogP contribution is -2.42. The maximum absolute atomic E-state index is 2.49. The smallest absolute Gasteiger partial charge is 0.0541 e. The van der Waals surface area contributed by atoms with Crippen LogP contribution in [0.1, 0.15) is 36.8 Å². The topological polar surface area (TPSA) is 9.86 Å². The van der Waals surface area contributed by atoms with Crippen LogP contribution in [0.4, 0.5) is 0 Å². The fraction of sp³-hybridized carbons (Fsp3) is 0.200. The lowest BCUT2D eigenvalue weighted by Gasteiger charge is -2.46. The van der Waals surface area contributed by atoms with Gasteiger partial charge in [-0.05, 0) is 109 Å². The maximum atomic E-state index is 2.49. The van der Waals surface area contributed by atoms with E-state index in [9.17, 15) is 0 Å². The van der Waals surface area contributed by atoms with E-state index in [0.29, 0.717) is 5.92 Å². The van der Waals surface area contributed by atoms with Crippen molar-refractivity contribution in [2.45, 2.75) is 31.1 Å². The van der Waals surface area contributed by atoms with Crippen LogP contribution in [-0.4, -0.2) is 9.13 Å². The summed E-state index contributed by atoms with van der Waals surface area (Å²) in [7, 11) is 0. The molecule has 0 N–H and O–H groups in total. The second-order valence-corrected chi connectivity index (χ2v) is 14.6. The number of hydrogen-bond acceptors (Lipinski definition) is 0. The van der Waals surface area contributed by atoms with Crippen molar-refractivity contribution < 1.29 is 0 Å². The number of fused-ring (bicyclic) bond motifs is 6. The molecule has 4 atom stereocenters. The van der Waals surface area contributed by atoms with Gasteiger partial charge in [0.2, 0.25) is 0 Å². The van der Waals surface area contributed by atoms with Crippen molar-refractivity contribution >= 4 is 43.6 Å². The Morgan fingerprint density at radius 2 is 0.809 bits per heavy atom. The molecule has 0 spiro atoms. The lowest BCUT2D eigenvalue weighted by molar-refractivity contribution is 0.187. The van der Waals surface area contributed by atoms with Crippen LogP contribution in [0.5, 0.6) is 0 Å². The molecule has 2 aromatic heterocycles. The third kappa shape index (κ3) is 3.41. The number of nitrogens with zero attached hydrogens (tertiary/aromatic N) is 2. The molecule has 0 aliphatic heterocycles. The number of aromatic nitrogens is 2. The maximum Gasteiger partial charge on any atom is 0.0541 e. The molecule has 2 nitrogen and oxygen atoms in total. The van der Waals surface area contributed by atoms with E-state index in [2.05, 4.69) is 155 Å². The van der Waals surface area contributed by atoms with E-state index in [4.69, 9.17) is 0 Å². The highest BCUT2D eigenvalue weighted by atomic mass is 15.0. The van der Waals surface area contributed by atoms with Gasteiger partial charge in [0.05, 0.1) is 22.1 Å². The number of para-hydroxylation sites is 4. The van der Waals surface area contributed by atoms with Gasteiger partial charge in [0.15, 0.2) is 0 Å². The second-order valence-electron chi connectivity index (χ2n) is 14.6. The largest absolute Gasteiger partial charge is 0.309 e. The minimum absolute atomic E-state index is 0.0797. The summed E-state index contributed by atoms with van der Waals surface area (Å²) in [4.78, 5) is 0. The van der Waals surface area contributed by atoms with Crippen molar-refractivity contribution in [3.63, 3.8) is 0 Å². The van der Waals surface area contributed by atoms with Crippen LogP contribution in [0.15, 0.2) is 146 Å². The molecule has 8 aromatic rings. The van der Waals surface area contributed by atoms with Crippen LogP contribution < -0.4 is 0 Å². The zero-order valence-electron chi connectivity index (χ0n) is 26.4. The highest BCUT2D eigenvalue weighted by molar-refractivity contribution is 6.10. The molecule has 12 rings (SSSR count). The van der Waals surface area contributed by atoms with Gasteiger partial charge in [0.25, 0.3) is 0 Å². The molecule has 0 saturated heterocycles. The first kappa shape index (κ1) is 26.0. The van der Waals surface area contributed by atoms with Gasteiger partial charge in [0, 0.05) is 38.3 Å². The number of benzene rings is 6. The Morgan fingerprint density at radius 1 is 0.404 bits per heavy atom. The third-order valence-corrected chi connectivity index (χ3v) is 12.6. The summed E-state index contributed by atoms with van der Waals surface area (Å²) in [6.07, 6.45) is 5.56. The predicted octanol–water partition coefficient (Wildman–Crippen LogP) is 11.2. The average molecular weight is 605 g/mol. The van der Waals surface area contributed by atoms with Gasteiger partial charge in [0.1, 0.15) is 0 Å². The highest BCUT2D eigenvalue weighted by Crippen LogP contribution is 2.69. The summed E-state index contributed by atoms with van der Waals surface area (Å²) in [5, 5.41) is 5.27. The Morgan fingerprint density at radius 3 is 1.21 bits per heavy atom. The first-order valence-electron chi connectivity index (χ1n) is 17.5. The van der Waals surface area contributed by atoms with Crippen molar-refractivity contribution in [3.05, 3.63) is 157 Å². The molecule has 2 heteroatoms. The van der Waals surface area contributed by atoms with Crippen molar-refractivity contribution in [2.75, 3.05) is 0 Å². The highest BCUT2D eigenvalue weighted by Gasteiger charge is 2.63. The summed E-state index contributed by atoms with van der Waals surface area (Å²) < 4.78 is 4.90. The SMILES string of the molecule is c1ccc2c(c1)c1ccccc1n2-c1ccc(C2(c3ccc(-n4c5ccccc5c5ccccc54)cc3)C3CC4CC(C3)C2C4)cc1. The Balaban J connectivity index is 1.06. The van der Waals surface area contributed by atoms with E-state index in [1.54, 1.807) is 0 Å². The summed E-state index contributed by atoms with van der Waals surface area (Å²) in [5.74, 6) is 3.21. The second kappa shape index (κ2) is 9.48. The van der Waals surface area contributed by atoms with Gasteiger partial charge in [-0.3, -0.25) is 0 Å². The van der Waals surface area contributed by atoms with Crippen LogP contribution in [0, 0.1) is 23.7 Å². The molecule has 47 heavy (non-hydrogen) atoms. The summed E-state index contributed by atoms with van der Waals surface area (Å²) >= 11 is 0. The Labute approximate surface area is 274 Å². The third-order valence-electron chi connectivity index (χ3n) is 12.6. The van der Waals surface area contributed by atoms with E-state index in [1.165, 1.54) is 91.8 Å². The first-order chi connectivity index (χ1) is 23.3. The predicted molar refractivity (Wildman–Crippen MR) is 195 cm³/mol. The van der Waals surface area contributed by atoms with Crippen LogP contribution in [0.3, 0.4) is 0 Å². The van der Waals surface area contributed by atoms with Crippen molar-refractivity contribution in [3.8, 4) is 11.4 Å². The van der Waals surface area contributed by atoms with Crippen molar-refractivity contribution in [2.24, 2.45) is 23.7 Å². The van der Waals surface area contributed by atoms with E-state index < -0.39 is 0 Å². The fourth-order valence-electron chi connectivity index (χ4n) is 11.0. The van der Waals surface area contributed by atoms with Gasteiger partial charge in [-0.1, -0.05) is 97.1 Å².